The number of sulfonamides is 1. The molecule has 1 heterocycles. The summed E-state index contributed by atoms with van der Waals surface area (Å²) in [5.41, 5.74) is 0.986. The topological polar surface area (TPSA) is 121 Å². The maximum absolute atomic E-state index is 12.4. The van der Waals surface area contributed by atoms with Gasteiger partial charge in [0.15, 0.2) is 0 Å². The van der Waals surface area contributed by atoms with Crippen molar-refractivity contribution in [1.29, 1.82) is 0 Å². The molecule has 0 bridgehead atoms. The molecule has 2 N–H and O–H groups in total. The molecule has 1 aromatic heterocycles. The summed E-state index contributed by atoms with van der Waals surface area (Å²) < 4.78 is 30.9. The molecule has 10 heteroatoms. The second-order valence-electron chi connectivity index (χ2n) is 6.41. The number of benzene rings is 1. The fourth-order valence-electron chi connectivity index (χ4n) is 2.65. The fraction of sp³-hybridized carbons (Fsp3) is 0.389. The number of carbonyl (C=O) groups is 1. The lowest BCUT2D eigenvalue weighted by Crippen LogP contribution is -2.23. The first-order valence-electron chi connectivity index (χ1n) is 8.53. The molecule has 0 fully saturated rings. The van der Waals surface area contributed by atoms with Crippen LogP contribution >= 0.6 is 0 Å². The quantitative estimate of drug-likeness (QED) is 0.710. The van der Waals surface area contributed by atoms with E-state index in [0.29, 0.717) is 22.8 Å². The van der Waals surface area contributed by atoms with Gasteiger partial charge in [-0.15, -0.1) is 0 Å². The molecular weight excluding hydrogens is 384 g/mol. The van der Waals surface area contributed by atoms with Crippen LogP contribution in [0, 0.1) is 13.8 Å². The van der Waals surface area contributed by atoms with Crippen LogP contribution in [0.1, 0.15) is 23.5 Å². The Kier molecular flexibility index (Phi) is 6.57. The second-order valence-corrected chi connectivity index (χ2v) is 8.56. The van der Waals surface area contributed by atoms with Gasteiger partial charge in [-0.25, -0.2) is 17.7 Å². The number of hydrogen-bond donors (Lipinski definition) is 2. The maximum Gasteiger partial charge on any atom is 0.254 e. The van der Waals surface area contributed by atoms with Gasteiger partial charge in [0.05, 0.1) is 17.7 Å². The zero-order valence-corrected chi connectivity index (χ0v) is 17.3. The molecule has 0 aliphatic heterocycles. The van der Waals surface area contributed by atoms with Crippen molar-refractivity contribution >= 4 is 21.6 Å². The van der Waals surface area contributed by atoms with Crippen LogP contribution in [-0.4, -0.2) is 49.8 Å². The highest BCUT2D eigenvalue weighted by atomic mass is 32.2. The van der Waals surface area contributed by atoms with Crippen molar-refractivity contribution in [2.75, 3.05) is 26.5 Å². The van der Waals surface area contributed by atoms with Gasteiger partial charge < -0.3 is 15.0 Å². The molecule has 0 unspecified atom stereocenters. The van der Waals surface area contributed by atoms with Gasteiger partial charge in [0.1, 0.15) is 11.6 Å². The van der Waals surface area contributed by atoms with Crippen molar-refractivity contribution in [3.8, 4) is 5.75 Å². The lowest BCUT2D eigenvalue weighted by molar-refractivity contribution is -0.116. The minimum atomic E-state index is -3.66. The summed E-state index contributed by atoms with van der Waals surface area (Å²) in [6, 6.07) is 4.23. The van der Waals surface area contributed by atoms with Crippen LogP contribution in [0.5, 0.6) is 5.75 Å². The Hall–Kier alpha value is -2.72. The smallest absolute Gasteiger partial charge is 0.254 e. The first-order chi connectivity index (χ1) is 13.1. The number of anilines is 1. The van der Waals surface area contributed by atoms with Crippen molar-refractivity contribution in [1.82, 2.24) is 14.3 Å². The lowest BCUT2D eigenvalue weighted by Gasteiger charge is -2.15. The van der Waals surface area contributed by atoms with Gasteiger partial charge in [-0.1, -0.05) is 0 Å². The molecule has 9 nitrogen and oxygen atoms in total. The van der Waals surface area contributed by atoms with Crippen LogP contribution in [0.15, 0.2) is 27.9 Å². The molecule has 2 aromatic rings. The highest BCUT2D eigenvalue weighted by Crippen LogP contribution is 2.28. The number of methoxy groups -OCH3 is 1. The molecule has 0 saturated carbocycles. The summed E-state index contributed by atoms with van der Waals surface area (Å²) in [5, 5.41) is 2.65. The number of ether oxygens (including phenoxy) is 1. The zero-order chi connectivity index (χ0) is 21.1. The highest BCUT2D eigenvalue weighted by molar-refractivity contribution is 7.89. The van der Waals surface area contributed by atoms with E-state index < -0.39 is 10.0 Å². The normalized spacial score (nSPS) is 11.5. The van der Waals surface area contributed by atoms with Crippen LogP contribution in [-0.2, 0) is 21.2 Å². The number of aromatic amines is 1. The van der Waals surface area contributed by atoms with Crippen LogP contribution in [0.4, 0.5) is 5.69 Å². The number of rotatable bonds is 7. The maximum atomic E-state index is 12.4. The summed E-state index contributed by atoms with van der Waals surface area (Å²) in [6.07, 6.45) is 0.237. The van der Waals surface area contributed by atoms with Crippen molar-refractivity contribution in [2.24, 2.45) is 0 Å². The van der Waals surface area contributed by atoms with Crippen LogP contribution in [0.25, 0.3) is 0 Å². The molecule has 2 rings (SSSR count). The fourth-order valence-corrected chi connectivity index (χ4v) is 3.58. The van der Waals surface area contributed by atoms with Crippen molar-refractivity contribution in [3.63, 3.8) is 0 Å². The van der Waals surface area contributed by atoms with Crippen molar-refractivity contribution < 1.29 is 17.9 Å². The Balaban J connectivity index is 2.21. The predicted molar refractivity (Wildman–Crippen MR) is 105 cm³/mol. The average molecular weight is 408 g/mol. The number of H-pyrrole nitrogens is 1. The average Bonchev–Trinajstić information content (AvgIpc) is 2.60. The number of nitrogens with one attached hydrogen (secondary N) is 2. The van der Waals surface area contributed by atoms with Gasteiger partial charge >= 0.3 is 0 Å². The zero-order valence-electron chi connectivity index (χ0n) is 16.5. The second kappa shape index (κ2) is 8.53. The van der Waals surface area contributed by atoms with Crippen LogP contribution in [0.2, 0.25) is 0 Å². The molecule has 0 spiro atoms. The van der Waals surface area contributed by atoms with Crippen LogP contribution in [0.3, 0.4) is 0 Å². The number of carbonyl (C=O) groups excluding carboxylic acids is 1. The minimum Gasteiger partial charge on any atom is -0.495 e. The van der Waals surface area contributed by atoms with Crippen molar-refractivity contribution in [3.05, 3.63) is 45.6 Å². The van der Waals surface area contributed by atoms with E-state index in [1.807, 2.05) is 0 Å². The minimum absolute atomic E-state index is 0.0302. The highest BCUT2D eigenvalue weighted by Gasteiger charge is 2.20. The Morgan fingerprint density at radius 2 is 1.96 bits per heavy atom. The van der Waals surface area contributed by atoms with Gasteiger partial charge in [0, 0.05) is 31.8 Å². The standard InChI is InChI=1S/C18H24N4O5S/c1-11-14(18(24)20-12(2)19-11)7-9-17(23)21-15-10-13(6-8-16(15)27-5)28(25,26)22(3)4/h6,8,10H,7,9H2,1-5H3,(H,21,23)(H,19,20,24). The first-order valence-corrected chi connectivity index (χ1v) is 9.97. The van der Waals surface area contributed by atoms with Gasteiger partial charge in [-0.3, -0.25) is 9.59 Å². The van der Waals surface area contributed by atoms with E-state index in [-0.39, 0.29) is 34.9 Å². The summed E-state index contributed by atoms with van der Waals surface area (Å²) in [4.78, 5) is 31.3. The molecule has 0 atom stereocenters. The Bertz CT molecular complexity index is 1040. The molecule has 0 aliphatic rings. The summed E-state index contributed by atoms with van der Waals surface area (Å²) >= 11 is 0. The van der Waals surface area contributed by atoms with E-state index in [0.717, 1.165) is 4.31 Å². The Morgan fingerprint density at radius 3 is 2.54 bits per heavy atom. The van der Waals surface area contributed by atoms with Gasteiger partial charge in [0.2, 0.25) is 15.9 Å². The molecule has 1 aromatic carbocycles. The van der Waals surface area contributed by atoms with Gasteiger partial charge in [-0.05, 0) is 38.5 Å². The third kappa shape index (κ3) is 4.76. The lowest BCUT2D eigenvalue weighted by atomic mass is 10.1. The first kappa shape index (κ1) is 21.6. The molecule has 0 radical (unpaired) electrons. The Labute approximate surface area is 163 Å². The van der Waals surface area contributed by atoms with Gasteiger partial charge in [0.25, 0.3) is 5.56 Å². The molecule has 28 heavy (non-hydrogen) atoms. The van der Waals surface area contributed by atoms with E-state index >= 15 is 0 Å². The number of hydrogen-bond acceptors (Lipinski definition) is 6. The van der Waals surface area contributed by atoms with E-state index in [9.17, 15) is 18.0 Å². The van der Waals surface area contributed by atoms with E-state index in [1.165, 1.54) is 39.4 Å². The number of nitrogens with zero attached hydrogens (tertiary/aromatic N) is 2. The van der Waals surface area contributed by atoms with E-state index in [4.69, 9.17) is 4.74 Å². The van der Waals surface area contributed by atoms with Crippen molar-refractivity contribution in [2.45, 2.75) is 31.6 Å². The summed E-state index contributed by atoms with van der Waals surface area (Å²) in [5.74, 6) is 0.466. The number of aryl methyl sites for hydroxylation is 2. The molecule has 1 amide bonds. The third-order valence-corrected chi connectivity index (χ3v) is 5.98. The molecular formula is C18H24N4O5S. The van der Waals surface area contributed by atoms with Crippen LogP contribution < -0.4 is 15.6 Å². The third-order valence-electron chi connectivity index (χ3n) is 4.17. The van der Waals surface area contributed by atoms with E-state index in [2.05, 4.69) is 15.3 Å². The number of aromatic nitrogens is 2. The SMILES string of the molecule is COc1ccc(S(=O)(=O)N(C)C)cc1NC(=O)CCc1c(C)nc(C)[nH]c1=O. The molecule has 0 aliphatic carbocycles. The predicted octanol–water partition coefficient (Wildman–Crippen LogP) is 1.22. The summed E-state index contributed by atoms with van der Waals surface area (Å²) in [7, 11) is 0.612. The Morgan fingerprint density at radius 1 is 1.29 bits per heavy atom. The molecule has 152 valence electrons. The monoisotopic (exact) mass is 408 g/mol. The van der Waals surface area contributed by atoms with E-state index in [1.54, 1.807) is 13.8 Å². The van der Waals surface area contributed by atoms with Gasteiger partial charge in [-0.2, -0.15) is 0 Å². The summed E-state index contributed by atoms with van der Waals surface area (Å²) in [6.45, 7) is 3.40. The largest absolute Gasteiger partial charge is 0.495 e. The number of amides is 1. The molecule has 0 saturated heterocycles.